The Kier molecular flexibility index (Phi) is 4.06. The van der Waals surface area contributed by atoms with Crippen LogP contribution in [0.5, 0.6) is 0 Å². The van der Waals surface area contributed by atoms with E-state index < -0.39 is 0 Å². The van der Waals surface area contributed by atoms with Crippen LogP contribution in [-0.4, -0.2) is 32.0 Å². The minimum Gasteiger partial charge on any atom is -0.372 e. The van der Waals surface area contributed by atoms with Gasteiger partial charge < -0.3 is 20.3 Å². The number of nitrogens with zero attached hydrogens (tertiary/aromatic N) is 1. The number of urea groups is 1. The zero-order valence-electron chi connectivity index (χ0n) is 11.6. The summed E-state index contributed by atoms with van der Waals surface area (Å²) < 4.78 is 5.37. The lowest BCUT2D eigenvalue weighted by Crippen LogP contribution is -2.37. The number of rotatable bonds is 3. The van der Waals surface area contributed by atoms with Crippen molar-refractivity contribution in [3.05, 3.63) is 24.3 Å². The zero-order valence-corrected chi connectivity index (χ0v) is 11.6. The molecule has 1 atom stereocenters. The first-order chi connectivity index (χ1) is 9.81. The van der Waals surface area contributed by atoms with Crippen molar-refractivity contribution < 1.29 is 9.53 Å². The van der Waals surface area contributed by atoms with Crippen LogP contribution >= 0.6 is 0 Å². The average Bonchev–Trinajstić information content (AvgIpc) is 3.12. The van der Waals surface area contributed by atoms with Gasteiger partial charge in [0.05, 0.1) is 0 Å². The molecule has 3 rings (SSSR count). The van der Waals surface area contributed by atoms with Crippen LogP contribution in [0.4, 0.5) is 16.2 Å². The molecule has 0 bridgehead atoms. The number of anilines is 2. The summed E-state index contributed by atoms with van der Waals surface area (Å²) in [6, 6.07) is 7.82. The molecule has 1 aromatic rings. The van der Waals surface area contributed by atoms with E-state index in [4.69, 9.17) is 4.74 Å². The highest BCUT2D eigenvalue weighted by Crippen LogP contribution is 2.22. The van der Waals surface area contributed by atoms with Gasteiger partial charge in [-0.25, -0.2) is 4.79 Å². The fourth-order valence-corrected chi connectivity index (χ4v) is 2.74. The number of nitrogens with one attached hydrogen (secondary N) is 2. The Balaban J connectivity index is 1.53. The van der Waals surface area contributed by atoms with E-state index in [1.165, 1.54) is 18.5 Å². The number of ether oxygens (including phenoxy) is 1. The van der Waals surface area contributed by atoms with Crippen molar-refractivity contribution in [1.29, 1.82) is 0 Å². The van der Waals surface area contributed by atoms with Crippen LogP contribution in [0, 0.1) is 0 Å². The third kappa shape index (κ3) is 3.22. The Hall–Kier alpha value is -1.75. The van der Waals surface area contributed by atoms with Crippen LogP contribution in [0.15, 0.2) is 24.3 Å². The van der Waals surface area contributed by atoms with Crippen molar-refractivity contribution in [1.82, 2.24) is 5.32 Å². The molecule has 2 fully saturated rings. The van der Waals surface area contributed by atoms with Crippen LogP contribution in [0.2, 0.25) is 0 Å². The smallest absolute Gasteiger partial charge is 0.321 e. The van der Waals surface area contributed by atoms with E-state index in [2.05, 4.69) is 27.7 Å². The Morgan fingerprint density at radius 1 is 1.15 bits per heavy atom. The maximum absolute atomic E-state index is 11.8. The molecule has 2 saturated heterocycles. The molecule has 2 amide bonds. The van der Waals surface area contributed by atoms with Crippen LogP contribution in [0.1, 0.15) is 25.7 Å². The van der Waals surface area contributed by atoms with E-state index in [1.807, 2.05) is 12.1 Å². The summed E-state index contributed by atoms with van der Waals surface area (Å²) in [6.45, 7) is 2.99. The molecule has 0 radical (unpaired) electrons. The van der Waals surface area contributed by atoms with Crippen molar-refractivity contribution in [2.45, 2.75) is 31.9 Å². The van der Waals surface area contributed by atoms with E-state index >= 15 is 0 Å². The monoisotopic (exact) mass is 275 g/mol. The molecule has 5 heteroatoms. The highest BCUT2D eigenvalue weighted by atomic mass is 16.5. The number of carbonyl (C=O) groups excluding carboxylic acids is 1. The molecule has 1 aromatic carbocycles. The fourth-order valence-electron chi connectivity index (χ4n) is 2.74. The molecule has 2 aliphatic heterocycles. The largest absolute Gasteiger partial charge is 0.372 e. The van der Waals surface area contributed by atoms with Gasteiger partial charge in [-0.05, 0) is 49.9 Å². The minimum absolute atomic E-state index is 0.140. The van der Waals surface area contributed by atoms with E-state index in [9.17, 15) is 4.79 Å². The quantitative estimate of drug-likeness (QED) is 0.891. The molecule has 2 aliphatic rings. The van der Waals surface area contributed by atoms with E-state index in [-0.39, 0.29) is 12.3 Å². The first-order valence-corrected chi connectivity index (χ1v) is 7.35. The van der Waals surface area contributed by atoms with Gasteiger partial charge in [0.15, 0.2) is 0 Å². The average molecular weight is 275 g/mol. The predicted molar refractivity (Wildman–Crippen MR) is 79.0 cm³/mol. The number of benzene rings is 1. The Labute approximate surface area is 119 Å². The van der Waals surface area contributed by atoms with Crippen molar-refractivity contribution in [3.63, 3.8) is 0 Å². The second-order valence-corrected chi connectivity index (χ2v) is 5.34. The molecule has 5 nitrogen and oxygen atoms in total. The topological polar surface area (TPSA) is 53.6 Å². The summed E-state index contributed by atoms with van der Waals surface area (Å²) >= 11 is 0. The van der Waals surface area contributed by atoms with Gasteiger partial charge >= 0.3 is 6.03 Å². The highest BCUT2D eigenvalue weighted by Gasteiger charge is 2.17. The number of carbonyl (C=O) groups is 1. The SMILES string of the molecule is O=C(Nc1ccc(N2CCCC2)cc1)NC1CCCO1. The van der Waals surface area contributed by atoms with Gasteiger partial charge in [0.1, 0.15) is 6.23 Å². The van der Waals surface area contributed by atoms with Gasteiger partial charge in [0.2, 0.25) is 0 Å². The predicted octanol–water partition coefficient (Wildman–Crippen LogP) is 2.54. The molecule has 2 N–H and O–H groups in total. The van der Waals surface area contributed by atoms with E-state index in [0.717, 1.165) is 38.2 Å². The minimum atomic E-state index is -0.203. The summed E-state index contributed by atoms with van der Waals surface area (Å²) in [5, 5.41) is 5.65. The zero-order chi connectivity index (χ0) is 13.8. The van der Waals surface area contributed by atoms with Crippen molar-refractivity contribution >= 4 is 17.4 Å². The molecule has 0 spiro atoms. The van der Waals surface area contributed by atoms with Gasteiger partial charge in [-0.3, -0.25) is 0 Å². The molecule has 20 heavy (non-hydrogen) atoms. The Bertz CT molecular complexity index is 449. The number of amides is 2. The number of hydrogen-bond donors (Lipinski definition) is 2. The maximum Gasteiger partial charge on any atom is 0.321 e. The van der Waals surface area contributed by atoms with Gasteiger partial charge in [0.25, 0.3) is 0 Å². The Morgan fingerprint density at radius 3 is 2.55 bits per heavy atom. The fraction of sp³-hybridized carbons (Fsp3) is 0.533. The standard InChI is InChI=1S/C15H21N3O2/c19-15(17-14-4-3-11-20-14)16-12-5-7-13(8-6-12)18-9-1-2-10-18/h5-8,14H,1-4,9-11H2,(H2,16,17,19). The van der Waals surface area contributed by atoms with Gasteiger partial charge in [-0.15, -0.1) is 0 Å². The lowest BCUT2D eigenvalue weighted by atomic mass is 10.2. The van der Waals surface area contributed by atoms with E-state index in [0.29, 0.717) is 0 Å². The molecule has 0 aromatic heterocycles. The third-order valence-electron chi connectivity index (χ3n) is 3.82. The summed E-state index contributed by atoms with van der Waals surface area (Å²) in [5.74, 6) is 0. The molecule has 2 heterocycles. The molecule has 0 aliphatic carbocycles. The first kappa shape index (κ1) is 13.2. The summed E-state index contributed by atoms with van der Waals surface area (Å²) in [4.78, 5) is 14.2. The van der Waals surface area contributed by atoms with Gasteiger partial charge in [0, 0.05) is 31.1 Å². The third-order valence-corrected chi connectivity index (χ3v) is 3.82. The van der Waals surface area contributed by atoms with Crippen LogP contribution in [0.3, 0.4) is 0 Å². The lowest BCUT2D eigenvalue weighted by Gasteiger charge is -2.18. The second-order valence-electron chi connectivity index (χ2n) is 5.34. The molecule has 108 valence electrons. The van der Waals surface area contributed by atoms with Crippen LogP contribution < -0.4 is 15.5 Å². The highest BCUT2D eigenvalue weighted by molar-refractivity contribution is 5.89. The van der Waals surface area contributed by atoms with Gasteiger partial charge in [-0.2, -0.15) is 0 Å². The van der Waals surface area contributed by atoms with Gasteiger partial charge in [-0.1, -0.05) is 0 Å². The number of hydrogen-bond acceptors (Lipinski definition) is 3. The first-order valence-electron chi connectivity index (χ1n) is 7.35. The lowest BCUT2D eigenvalue weighted by molar-refractivity contribution is 0.0928. The molecular formula is C15H21N3O2. The van der Waals surface area contributed by atoms with Crippen LogP contribution in [-0.2, 0) is 4.74 Å². The van der Waals surface area contributed by atoms with Crippen molar-refractivity contribution in [2.24, 2.45) is 0 Å². The van der Waals surface area contributed by atoms with Crippen LogP contribution in [0.25, 0.3) is 0 Å². The van der Waals surface area contributed by atoms with Crippen molar-refractivity contribution in [2.75, 3.05) is 29.9 Å². The summed E-state index contributed by atoms with van der Waals surface area (Å²) in [7, 11) is 0. The molecule has 1 unspecified atom stereocenters. The maximum atomic E-state index is 11.8. The Morgan fingerprint density at radius 2 is 1.90 bits per heavy atom. The van der Waals surface area contributed by atoms with Crippen molar-refractivity contribution in [3.8, 4) is 0 Å². The molecular weight excluding hydrogens is 254 g/mol. The summed E-state index contributed by atoms with van der Waals surface area (Å²) in [5.41, 5.74) is 2.04. The molecule has 0 saturated carbocycles. The second kappa shape index (κ2) is 6.13. The normalized spacial score (nSPS) is 22.0. The van der Waals surface area contributed by atoms with E-state index in [1.54, 1.807) is 0 Å². The summed E-state index contributed by atoms with van der Waals surface area (Å²) in [6.07, 6.45) is 4.29.